The highest BCUT2D eigenvalue weighted by molar-refractivity contribution is 7.85. The molecule has 2 aromatic carbocycles. The monoisotopic (exact) mass is 307 g/mol. The molecule has 0 heterocycles. The number of halogens is 1. The fraction of sp³-hybridized carbons (Fsp3) is 0.250. The van der Waals surface area contributed by atoms with Crippen molar-refractivity contribution in [2.24, 2.45) is 0 Å². The van der Waals surface area contributed by atoms with Crippen LogP contribution in [0.5, 0.6) is 0 Å². The maximum absolute atomic E-state index is 12.5. The Morgan fingerprint density at radius 2 is 1.90 bits per heavy atom. The first kappa shape index (κ1) is 15.2. The maximum atomic E-state index is 12.5. The Morgan fingerprint density at radius 1 is 1.15 bits per heavy atom. The van der Waals surface area contributed by atoms with E-state index in [1.165, 1.54) is 0 Å². The Kier molecular flexibility index (Phi) is 5.77. The predicted molar refractivity (Wildman–Crippen MR) is 85.6 cm³/mol. The lowest BCUT2D eigenvalue weighted by Crippen LogP contribution is -2.26. The minimum absolute atomic E-state index is 0.0843. The fourth-order valence-corrected chi connectivity index (χ4v) is 3.61. The van der Waals surface area contributed by atoms with E-state index in [9.17, 15) is 4.21 Å². The molecule has 2 nitrogen and oxygen atoms in total. The van der Waals surface area contributed by atoms with Crippen molar-refractivity contribution < 1.29 is 4.21 Å². The van der Waals surface area contributed by atoms with Gasteiger partial charge in [0.25, 0.3) is 0 Å². The van der Waals surface area contributed by atoms with Crippen LogP contribution in [0.3, 0.4) is 0 Å². The smallest absolute Gasteiger partial charge is 0.0549 e. The van der Waals surface area contributed by atoms with Crippen LogP contribution in [0.1, 0.15) is 18.5 Å². The maximum Gasteiger partial charge on any atom is 0.0549 e. The summed E-state index contributed by atoms with van der Waals surface area (Å²) < 4.78 is 12.5. The molecule has 2 aromatic rings. The molecule has 1 N–H and O–H groups in total. The van der Waals surface area contributed by atoms with Gasteiger partial charge in [0.15, 0.2) is 0 Å². The van der Waals surface area contributed by atoms with Gasteiger partial charge in [0.05, 0.1) is 10.8 Å². The van der Waals surface area contributed by atoms with Crippen LogP contribution in [0.2, 0.25) is 5.02 Å². The summed E-state index contributed by atoms with van der Waals surface area (Å²) >= 11 is 5.95. The van der Waals surface area contributed by atoms with Crippen LogP contribution >= 0.6 is 11.6 Å². The molecule has 0 aromatic heterocycles. The number of rotatable bonds is 6. The van der Waals surface area contributed by atoms with Crippen LogP contribution in [0.15, 0.2) is 59.5 Å². The van der Waals surface area contributed by atoms with Gasteiger partial charge in [-0.1, -0.05) is 54.9 Å². The molecule has 0 fully saturated rings. The molecule has 0 aliphatic rings. The minimum Gasteiger partial charge on any atom is -0.309 e. The first-order chi connectivity index (χ1) is 9.70. The second-order valence-electron chi connectivity index (χ2n) is 4.49. The summed E-state index contributed by atoms with van der Waals surface area (Å²) in [5.41, 5.74) is 1.16. The Labute approximate surface area is 127 Å². The average Bonchev–Trinajstić information content (AvgIpc) is 2.47. The molecule has 0 aliphatic carbocycles. The topological polar surface area (TPSA) is 29.1 Å². The van der Waals surface area contributed by atoms with Gasteiger partial charge in [0.2, 0.25) is 0 Å². The number of nitrogens with one attached hydrogen (secondary N) is 1. The second kappa shape index (κ2) is 7.58. The van der Waals surface area contributed by atoms with Gasteiger partial charge < -0.3 is 5.32 Å². The predicted octanol–water partition coefficient (Wildman–Crippen LogP) is 3.80. The van der Waals surface area contributed by atoms with Gasteiger partial charge >= 0.3 is 0 Å². The molecule has 106 valence electrons. The van der Waals surface area contributed by atoms with Crippen molar-refractivity contribution >= 4 is 22.4 Å². The molecule has 2 atom stereocenters. The molecule has 0 saturated heterocycles. The van der Waals surface area contributed by atoms with Gasteiger partial charge in [-0.05, 0) is 30.3 Å². The van der Waals surface area contributed by atoms with Crippen LogP contribution in [0.25, 0.3) is 0 Å². The van der Waals surface area contributed by atoms with Crippen molar-refractivity contribution in [2.45, 2.75) is 17.9 Å². The highest BCUT2D eigenvalue weighted by Gasteiger charge is 2.15. The zero-order valence-corrected chi connectivity index (χ0v) is 13.0. The Bertz CT molecular complexity index is 574. The van der Waals surface area contributed by atoms with Crippen LogP contribution in [0.4, 0.5) is 0 Å². The molecule has 0 saturated carbocycles. The fourth-order valence-electron chi connectivity index (χ4n) is 2.06. The Morgan fingerprint density at radius 3 is 2.55 bits per heavy atom. The van der Waals surface area contributed by atoms with Crippen LogP contribution in [-0.4, -0.2) is 16.5 Å². The molecule has 0 spiro atoms. The van der Waals surface area contributed by atoms with Gasteiger partial charge in [0, 0.05) is 21.7 Å². The molecular formula is C16H18ClNOS. The lowest BCUT2D eigenvalue weighted by molar-refractivity contribution is 0.594. The number of hydrogen-bond acceptors (Lipinski definition) is 2. The molecule has 2 rings (SSSR count). The van der Waals surface area contributed by atoms with Crippen molar-refractivity contribution in [3.8, 4) is 0 Å². The van der Waals surface area contributed by atoms with Crippen molar-refractivity contribution in [1.82, 2.24) is 5.32 Å². The van der Waals surface area contributed by atoms with Crippen molar-refractivity contribution in [3.05, 3.63) is 65.2 Å². The standard InChI is InChI=1S/C16H18ClNOS/c1-2-18-16(13-7-4-3-5-8-13)12-20(19)15-10-6-9-14(17)11-15/h3-11,16,18H,2,12H2,1H3. The van der Waals surface area contributed by atoms with Crippen LogP contribution < -0.4 is 5.32 Å². The van der Waals surface area contributed by atoms with Gasteiger partial charge in [-0.2, -0.15) is 0 Å². The van der Waals surface area contributed by atoms with Gasteiger partial charge in [0.1, 0.15) is 0 Å². The van der Waals surface area contributed by atoms with Gasteiger partial charge in [-0.15, -0.1) is 0 Å². The SMILES string of the molecule is CCNC(CS(=O)c1cccc(Cl)c1)c1ccccc1. The highest BCUT2D eigenvalue weighted by Crippen LogP contribution is 2.19. The molecule has 20 heavy (non-hydrogen) atoms. The summed E-state index contributed by atoms with van der Waals surface area (Å²) in [6.45, 7) is 2.89. The van der Waals surface area contributed by atoms with E-state index >= 15 is 0 Å². The summed E-state index contributed by atoms with van der Waals surface area (Å²) in [5.74, 6) is 0.540. The minimum atomic E-state index is -1.07. The Hall–Kier alpha value is -1.16. The zero-order valence-electron chi connectivity index (χ0n) is 11.4. The molecule has 0 aliphatic heterocycles. The summed E-state index contributed by atoms with van der Waals surface area (Å²) in [4.78, 5) is 0.774. The van der Waals surface area contributed by atoms with E-state index in [0.717, 1.165) is 17.0 Å². The van der Waals surface area contributed by atoms with Crippen molar-refractivity contribution in [1.29, 1.82) is 0 Å². The average molecular weight is 308 g/mol. The Balaban J connectivity index is 2.14. The molecule has 2 unspecified atom stereocenters. The molecule has 4 heteroatoms. The van der Waals surface area contributed by atoms with E-state index in [2.05, 4.69) is 24.4 Å². The van der Waals surface area contributed by atoms with Gasteiger partial charge in [-0.25, -0.2) is 0 Å². The highest BCUT2D eigenvalue weighted by atomic mass is 35.5. The third-order valence-corrected chi connectivity index (χ3v) is 4.68. The quantitative estimate of drug-likeness (QED) is 0.879. The van der Waals surface area contributed by atoms with E-state index < -0.39 is 10.8 Å². The van der Waals surface area contributed by atoms with E-state index in [4.69, 9.17) is 11.6 Å². The van der Waals surface area contributed by atoms with Gasteiger partial charge in [-0.3, -0.25) is 4.21 Å². The number of benzene rings is 2. The van der Waals surface area contributed by atoms with E-state index in [1.807, 2.05) is 30.3 Å². The summed E-state index contributed by atoms with van der Waals surface area (Å²) in [6, 6.07) is 17.4. The summed E-state index contributed by atoms with van der Waals surface area (Å²) in [6.07, 6.45) is 0. The molecular weight excluding hydrogens is 290 g/mol. The normalized spacial score (nSPS) is 13.9. The third-order valence-electron chi connectivity index (χ3n) is 3.03. The van der Waals surface area contributed by atoms with Crippen molar-refractivity contribution in [2.75, 3.05) is 12.3 Å². The first-order valence-electron chi connectivity index (χ1n) is 6.63. The lowest BCUT2D eigenvalue weighted by atomic mass is 10.1. The molecule has 0 bridgehead atoms. The van der Waals surface area contributed by atoms with E-state index in [0.29, 0.717) is 10.8 Å². The van der Waals surface area contributed by atoms with E-state index in [-0.39, 0.29) is 6.04 Å². The summed E-state index contributed by atoms with van der Waals surface area (Å²) in [7, 11) is -1.07. The third kappa shape index (κ3) is 4.17. The summed E-state index contributed by atoms with van der Waals surface area (Å²) in [5, 5.41) is 4.01. The lowest BCUT2D eigenvalue weighted by Gasteiger charge is -2.18. The van der Waals surface area contributed by atoms with Crippen LogP contribution in [-0.2, 0) is 10.8 Å². The van der Waals surface area contributed by atoms with E-state index in [1.54, 1.807) is 12.1 Å². The van der Waals surface area contributed by atoms with Crippen molar-refractivity contribution in [3.63, 3.8) is 0 Å². The second-order valence-corrected chi connectivity index (χ2v) is 6.42. The molecule has 0 radical (unpaired) electrons. The first-order valence-corrected chi connectivity index (χ1v) is 8.32. The number of hydrogen-bond donors (Lipinski definition) is 1. The largest absolute Gasteiger partial charge is 0.309 e. The molecule has 0 amide bonds. The van der Waals surface area contributed by atoms with Crippen LogP contribution in [0, 0.1) is 0 Å². The zero-order chi connectivity index (χ0) is 14.4.